The number of rotatable bonds is 6. The van der Waals surface area contributed by atoms with Gasteiger partial charge < -0.3 is 15.8 Å². The van der Waals surface area contributed by atoms with Gasteiger partial charge in [0.2, 0.25) is 10.0 Å². The van der Waals surface area contributed by atoms with Crippen LogP contribution in [0.3, 0.4) is 0 Å². The molecule has 28 heavy (non-hydrogen) atoms. The second-order valence-electron chi connectivity index (χ2n) is 6.57. The summed E-state index contributed by atoms with van der Waals surface area (Å²) in [6.07, 6.45) is 2.03. The number of halogens is 1. The fraction of sp³-hybridized carbons (Fsp3) is 0.316. The van der Waals surface area contributed by atoms with Gasteiger partial charge in [0.25, 0.3) is 0 Å². The molecule has 152 valence electrons. The minimum absolute atomic E-state index is 0. The van der Waals surface area contributed by atoms with Crippen molar-refractivity contribution in [2.45, 2.75) is 6.42 Å². The molecule has 2 aromatic rings. The molecule has 0 amide bonds. The monoisotopic (exact) mass is 516 g/mol. The highest BCUT2D eigenvalue weighted by molar-refractivity contribution is 14.0. The van der Waals surface area contributed by atoms with Gasteiger partial charge in [0, 0.05) is 31.4 Å². The van der Waals surface area contributed by atoms with Crippen molar-refractivity contribution in [2.75, 3.05) is 31.2 Å². The van der Waals surface area contributed by atoms with Crippen molar-refractivity contribution >= 4 is 45.6 Å². The van der Waals surface area contributed by atoms with Crippen molar-refractivity contribution in [1.29, 1.82) is 0 Å². The number of hydrogen-bond acceptors (Lipinski definition) is 4. The van der Waals surface area contributed by atoms with Crippen molar-refractivity contribution in [3.05, 3.63) is 54.6 Å². The Balaban J connectivity index is 0.00000280. The van der Waals surface area contributed by atoms with Gasteiger partial charge in [-0.15, -0.1) is 24.0 Å². The van der Waals surface area contributed by atoms with E-state index in [0.29, 0.717) is 31.3 Å². The molecule has 3 N–H and O–H groups in total. The number of aliphatic imine (C=N–C) groups is 1. The minimum atomic E-state index is -3.13. The topological polar surface area (TPSA) is 97.0 Å². The molecule has 0 bridgehead atoms. The maximum absolute atomic E-state index is 11.6. The summed E-state index contributed by atoms with van der Waals surface area (Å²) in [6, 6.07) is 17.0. The van der Waals surface area contributed by atoms with Crippen molar-refractivity contribution < 1.29 is 13.2 Å². The lowest BCUT2D eigenvalue weighted by Crippen LogP contribution is -2.28. The highest BCUT2D eigenvalue weighted by Crippen LogP contribution is 2.24. The Hall–Kier alpha value is -1.85. The number of hydrogen-bond donors (Lipinski definition) is 2. The van der Waals surface area contributed by atoms with Gasteiger partial charge in [0.05, 0.1) is 6.26 Å². The van der Waals surface area contributed by atoms with E-state index in [0.717, 1.165) is 17.9 Å². The van der Waals surface area contributed by atoms with Crippen LogP contribution >= 0.6 is 24.0 Å². The zero-order chi connectivity index (χ0) is 19.3. The van der Waals surface area contributed by atoms with E-state index in [9.17, 15) is 8.42 Å². The molecule has 1 unspecified atom stereocenters. The lowest BCUT2D eigenvalue weighted by molar-refractivity contribution is 0.464. The Bertz CT molecular complexity index is 906. The summed E-state index contributed by atoms with van der Waals surface area (Å²) < 4.78 is 30.4. The molecule has 0 saturated carbocycles. The van der Waals surface area contributed by atoms with E-state index in [1.54, 1.807) is 0 Å². The highest BCUT2D eigenvalue weighted by Gasteiger charge is 2.28. The fourth-order valence-electron chi connectivity index (χ4n) is 2.92. The van der Waals surface area contributed by atoms with Crippen molar-refractivity contribution in [3.8, 4) is 11.5 Å². The van der Waals surface area contributed by atoms with Gasteiger partial charge in [-0.05, 0) is 36.6 Å². The molecule has 3 rings (SSSR count). The maximum atomic E-state index is 11.6. The number of nitrogens with two attached hydrogens (primary N) is 1. The second kappa shape index (κ2) is 10.1. The average Bonchev–Trinajstić information content (AvgIpc) is 3.11. The number of benzene rings is 2. The van der Waals surface area contributed by atoms with Crippen molar-refractivity contribution in [3.63, 3.8) is 0 Å². The predicted molar refractivity (Wildman–Crippen MR) is 123 cm³/mol. The van der Waals surface area contributed by atoms with E-state index in [1.807, 2.05) is 54.6 Å². The number of ether oxygens (including phenoxy) is 1. The molecule has 1 atom stereocenters. The lowest BCUT2D eigenvalue weighted by atomic mass is 10.1. The van der Waals surface area contributed by atoms with Crippen molar-refractivity contribution in [2.24, 2.45) is 16.6 Å². The van der Waals surface area contributed by atoms with E-state index in [2.05, 4.69) is 10.3 Å². The van der Waals surface area contributed by atoms with Gasteiger partial charge in [-0.1, -0.05) is 24.3 Å². The van der Waals surface area contributed by atoms with Crippen LogP contribution in [0.4, 0.5) is 5.69 Å². The third-order valence-electron chi connectivity index (χ3n) is 4.32. The predicted octanol–water partition coefficient (Wildman–Crippen LogP) is 3.11. The summed E-state index contributed by atoms with van der Waals surface area (Å²) in [5, 5.41) is 3.05. The highest BCUT2D eigenvalue weighted by atomic mass is 127. The van der Waals surface area contributed by atoms with Gasteiger partial charge in [0.1, 0.15) is 11.5 Å². The molecule has 1 fully saturated rings. The molecule has 1 aliphatic heterocycles. The first kappa shape index (κ1) is 22.4. The van der Waals surface area contributed by atoms with Crippen molar-refractivity contribution in [1.82, 2.24) is 4.31 Å². The maximum Gasteiger partial charge on any atom is 0.211 e. The number of anilines is 1. The number of nitrogens with zero attached hydrogens (tertiary/aromatic N) is 2. The van der Waals surface area contributed by atoms with E-state index in [-0.39, 0.29) is 29.9 Å². The first-order valence-electron chi connectivity index (χ1n) is 8.75. The Morgan fingerprint density at radius 3 is 2.61 bits per heavy atom. The molecule has 7 nitrogen and oxygen atoms in total. The number of guanidine groups is 1. The Morgan fingerprint density at radius 1 is 1.21 bits per heavy atom. The summed E-state index contributed by atoms with van der Waals surface area (Å²) in [4.78, 5) is 4.35. The first-order chi connectivity index (χ1) is 12.9. The molecule has 2 aromatic carbocycles. The van der Waals surface area contributed by atoms with Crippen LogP contribution in [0.25, 0.3) is 0 Å². The average molecular weight is 516 g/mol. The van der Waals surface area contributed by atoms with E-state index in [1.165, 1.54) is 10.6 Å². The third kappa shape index (κ3) is 6.64. The molecule has 0 aromatic heterocycles. The molecular formula is C19H25IN4O3S. The largest absolute Gasteiger partial charge is 0.457 e. The molecule has 1 aliphatic rings. The summed E-state index contributed by atoms with van der Waals surface area (Å²) in [5.41, 5.74) is 6.75. The standard InChI is InChI=1S/C19H24N4O3S.HI/c1-27(24,25)23-11-10-15(14-23)13-21-19(20)22-16-6-5-9-18(12-16)26-17-7-3-2-4-8-17;/h2-9,12,15H,10-11,13-14H2,1H3,(H3,20,21,22);1H. The molecule has 9 heteroatoms. The van der Waals surface area contributed by atoms with Gasteiger partial charge in [0.15, 0.2) is 5.96 Å². The van der Waals surface area contributed by atoms with Gasteiger partial charge in [-0.2, -0.15) is 0 Å². The Kier molecular flexibility index (Phi) is 8.08. The third-order valence-corrected chi connectivity index (χ3v) is 5.59. The van der Waals surface area contributed by atoms with Crippen LogP contribution in [0.1, 0.15) is 6.42 Å². The van der Waals surface area contributed by atoms with Crippen LogP contribution < -0.4 is 15.8 Å². The van der Waals surface area contributed by atoms with Crippen LogP contribution in [0.15, 0.2) is 59.6 Å². The zero-order valence-corrected chi connectivity index (χ0v) is 18.8. The van der Waals surface area contributed by atoms with Gasteiger partial charge in [-0.3, -0.25) is 4.99 Å². The number of sulfonamides is 1. The Labute approximate surface area is 183 Å². The summed E-state index contributed by atoms with van der Waals surface area (Å²) in [5.74, 6) is 1.93. The smallest absolute Gasteiger partial charge is 0.211 e. The molecule has 0 aliphatic carbocycles. The molecule has 0 radical (unpaired) electrons. The van der Waals surface area contributed by atoms with Gasteiger partial charge in [-0.25, -0.2) is 12.7 Å². The fourth-order valence-corrected chi connectivity index (χ4v) is 3.84. The summed E-state index contributed by atoms with van der Waals surface area (Å²) in [7, 11) is -3.13. The van der Waals surface area contributed by atoms with Gasteiger partial charge >= 0.3 is 0 Å². The van der Waals surface area contributed by atoms with Crippen LogP contribution in [0.2, 0.25) is 0 Å². The first-order valence-corrected chi connectivity index (χ1v) is 10.6. The molecular weight excluding hydrogens is 491 g/mol. The van der Waals surface area contributed by atoms with Crippen LogP contribution in [-0.4, -0.2) is 44.6 Å². The second-order valence-corrected chi connectivity index (χ2v) is 8.55. The SMILES string of the molecule is CS(=O)(=O)N1CCC(CN=C(N)Nc2cccc(Oc3ccccc3)c2)C1.I. The number of para-hydroxylation sites is 1. The summed E-state index contributed by atoms with van der Waals surface area (Å²) in [6.45, 7) is 1.53. The summed E-state index contributed by atoms with van der Waals surface area (Å²) >= 11 is 0. The van der Waals surface area contributed by atoms with Crippen LogP contribution in [0.5, 0.6) is 11.5 Å². The Morgan fingerprint density at radius 2 is 1.93 bits per heavy atom. The van der Waals surface area contributed by atoms with Crippen LogP contribution in [0, 0.1) is 5.92 Å². The van der Waals surface area contributed by atoms with E-state index in [4.69, 9.17) is 10.5 Å². The lowest BCUT2D eigenvalue weighted by Gasteiger charge is -2.12. The van der Waals surface area contributed by atoms with E-state index >= 15 is 0 Å². The zero-order valence-electron chi connectivity index (χ0n) is 15.6. The molecule has 1 heterocycles. The molecule has 0 spiro atoms. The number of nitrogens with one attached hydrogen (secondary N) is 1. The van der Waals surface area contributed by atoms with E-state index < -0.39 is 10.0 Å². The minimum Gasteiger partial charge on any atom is -0.457 e. The molecule has 1 saturated heterocycles. The van der Waals surface area contributed by atoms with Crippen LogP contribution in [-0.2, 0) is 10.0 Å². The normalized spacial score (nSPS) is 17.8. The quantitative estimate of drug-likeness (QED) is 0.350.